The fraction of sp³-hybridized carbons (Fsp3) is 0.538. The summed E-state index contributed by atoms with van der Waals surface area (Å²) in [7, 11) is 0. The largest absolute Gasteiger partial charge is 0.396 e. The van der Waals surface area contributed by atoms with Gasteiger partial charge < -0.3 is 10.4 Å². The van der Waals surface area contributed by atoms with E-state index in [1.807, 2.05) is 6.07 Å². The van der Waals surface area contributed by atoms with Gasteiger partial charge in [0.2, 0.25) is 0 Å². The molecule has 2 rings (SSSR count). The van der Waals surface area contributed by atoms with Crippen molar-refractivity contribution >= 4 is 15.9 Å². The lowest BCUT2D eigenvalue weighted by atomic mass is 10.0. The van der Waals surface area contributed by atoms with Gasteiger partial charge in [-0.25, -0.2) is 0 Å². The van der Waals surface area contributed by atoms with Crippen LogP contribution in [0.5, 0.6) is 0 Å². The summed E-state index contributed by atoms with van der Waals surface area (Å²) in [5.74, 6) is 0. The molecule has 4 heteroatoms. The zero-order chi connectivity index (χ0) is 12.1. The Balaban J connectivity index is 2.18. The highest BCUT2D eigenvalue weighted by molar-refractivity contribution is 9.10. The Morgan fingerprint density at radius 2 is 2.00 bits per heavy atom. The average molecular weight is 299 g/mol. The predicted octanol–water partition coefficient (Wildman–Crippen LogP) is 1.78. The molecule has 3 nitrogen and oxygen atoms in total. The molecule has 94 valence electrons. The Kier molecular flexibility index (Phi) is 4.98. The third kappa shape index (κ3) is 3.28. The molecular formula is C13H19BrN2O. The van der Waals surface area contributed by atoms with Crippen molar-refractivity contribution in [1.29, 1.82) is 0 Å². The van der Waals surface area contributed by atoms with Gasteiger partial charge in [0.15, 0.2) is 0 Å². The SMILES string of the molecule is OCC[C@H](c1ccccc1Br)N1CCNCC1. The van der Waals surface area contributed by atoms with Crippen LogP contribution in [0, 0.1) is 0 Å². The minimum Gasteiger partial charge on any atom is -0.396 e. The molecule has 0 aliphatic carbocycles. The van der Waals surface area contributed by atoms with Gasteiger partial charge in [-0.15, -0.1) is 0 Å². The summed E-state index contributed by atoms with van der Waals surface area (Å²) in [6, 6.07) is 8.63. The number of aliphatic hydroxyl groups excluding tert-OH is 1. The van der Waals surface area contributed by atoms with E-state index in [4.69, 9.17) is 0 Å². The predicted molar refractivity (Wildman–Crippen MR) is 73.0 cm³/mol. The van der Waals surface area contributed by atoms with Gasteiger partial charge in [0.1, 0.15) is 0 Å². The van der Waals surface area contributed by atoms with Gasteiger partial charge in [-0.2, -0.15) is 0 Å². The minimum absolute atomic E-state index is 0.232. The Hall–Kier alpha value is -0.420. The van der Waals surface area contributed by atoms with Gasteiger partial charge >= 0.3 is 0 Å². The van der Waals surface area contributed by atoms with Crippen LogP contribution in [0.4, 0.5) is 0 Å². The number of halogens is 1. The van der Waals surface area contributed by atoms with Crippen LogP contribution in [-0.2, 0) is 0 Å². The summed E-state index contributed by atoms with van der Waals surface area (Å²) in [6.07, 6.45) is 0.794. The van der Waals surface area contributed by atoms with Crippen LogP contribution < -0.4 is 5.32 Å². The third-order valence-electron chi connectivity index (χ3n) is 3.26. The van der Waals surface area contributed by atoms with Crippen molar-refractivity contribution in [3.63, 3.8) is 0 Å². The normalized spacial score (nSPS) is 19.2. The smallest absolute Gasteiger partial charge is 0.0449 e. The van der Waals surface area contributed by atoms with E-state index in [1.165, 1.54) is 5.56 Å². The van der Waals surface area contributed by atoms with Crippen molar-refractivity contribution < 1.29 is 5.11 Å². The molecule has 1 saturated heterocycles. The van der Waals surface area contributed by atoms with Crippen molar-refractivity contribution in [3.05, 3.63) is 34.3 Å². The van der Waals surface area contributed by atoms with Crippen LogP contribution in [-0.4, -0.2) is 42.8 Å². The van der Waals surface area contributed by atoms with Crippen molar-refractivity contribution in [1.82, 2.24) is 10.2 Å². The lowest BCUT2D eigenvalue weighted by molar-refractivity contribution is 0.140. The summed E-state index contributed by atoms with van der Waals surface area (Å²) in [4.78, 5) is 2.45. The summed E-state index contributed by atoms with van der Waals surface area (Å²) in [6.45, 7) is 4.40. The maximum absolute atomic E-state index is 9.26. The molecule has 0 radical (unpaired) electrons. The Morgan fingerprint density at radius 1 is 1.29 bits per heavy atom. The van der Waals surface area contributed by atoms with Crippen LogP contribution in [0.15, 0.2) is 28.7 Å². The van der Waals surface area contributed by atoms with E-state index in [1.54, 1.807) is 0 Å². The second-order valence-corrected chi connectivity index (χ2v) is 5.19. The maximum atomic E-state index is 9.26. The molecule has 1 atom stereocenters. The molecule has 1 fully saturated rings. The molecule has 0 aromatic heterocycles. The lowest BCUT2D eigenvalue weighted by Crippen LogP contribution is -2.45. The second kappa shape index (κ2) is 6.50. The lowest BCUT2D eigenvalue weighted by Gasteiger charge is -2.35. The molecule has 1 aliphatic rings. The molecule has 1 heterocycles. The average Bonchev–Trinajstić information content (AvgIpc) is 2.38. The molecule has 1 aliphatic heterocycles. The summed E-state index contributed by atoms with van der Waals surface area (Å²) < 4.78 is 1.14. The molecule has 1 aromatic carbocycles. The quantitative estimate of drug-likeness (QED) is 0.889. The van der Waals surface area contributed by atoms with Crippen LogP contribution in [0.3, 0.4) is 0 Å². The molecule has 1 aromatic rings. The molecular weight excluding hydrogens is 280 g/mol. The number of rotatable bonds is 4. The molecule has 0 bridgehead atoms. The van der Waals surface area contributed by atoms with Gasteiger partial charge in [-0.05, 0) is 18.1 Å². The number of nitrogens with one attached hydrogen (secondary N) is 1. The Morgan fingerprint density at radius 3 is 2.65 bits per heavy atom. The number of hydrogen-bond donors (Lipinski definition) is 2. The van der Waals surface area contributed by atoms with Crippen LogP contribution in [0.1, 0.15) is 18.0 Å². The number of benzene rings is 1. The first-order chi connectivity index (χ1) is 8.33. The number of piperazine rings is 1. The van der Waals surface area contributed by atoms with Crippen molar-refractivity contribution in [2.75, 3.05) is 32.8 Å². The van der Waals surface area contributed by atoms with E-state index in [9.17, 15) is 5.11 Å². The van der Waals surface area contributed by atoms with Crippen LogP contribution >= 0.6 is 15.9 Å². The van der Waals surface area contributed by atoms with Crippen molar-refractivity contribution in [3.8, 4) is 0 Å². The number of nitrogens with zero attached hydrogens (tertiary/aromatic N) is 1. The number of hydrogen-bond acceptors (Lipinski definition) is 3. The highest BCUT2D eigenvalue weighted by Crippen LogP contribution is 2.30. The highest BCUT2D eigenvalue weighted by Gasteiger charge is 2.22. The third-order valence-corrected chi connectivity index (χ3v) is 3.98. The van der Waals surface area contributed by atoms with E-state index in [0.717, 1.165) is 37.1 Å². The zero-order valence-electron chi connectivity index (χ0n) is 9.90. The van der Waals surface area contributed by atoms with Gasteiger partial charge in [0, 0.05) is 43.3 Å². The first-order valence-corrected chi connectivity index (χ1v) is 6.92. The molecule has 0 spiro atoms. The summed E-state index contributed by atoms with van der Waals surface area (Å²) in [5, 5.41) is 12.6. The highest BCUT2D eigenvalue weighted by atomic mass is 79.9. The second-order valence-electron chi connectivity index (χ2n) is 4.34. The van der Waals surface area contributed by atoms with Gasteiger partial charge in [0.25, 0.3) is 0 Å². The number of aliphatic hydroxyl groups is 1. The zero-order valence-corrected chi connectivity index (χ0v) is 11.5. The Bertz CT molecular complexity index is 353. The Labute approximate surface area is 111 Å². The van der Waals surface area contributed by atoms with E-state index in [0.29, 0.717) is 6.04 Å². The summed E-state index contributed by atoms with van der Waals surface area (Å²) in [5.41, 5.74) is 1.28. The monoisotopic (exact) mass is 298 g/mol. The molecule has 2 N–H and O–H groups in total. The molecule has 0 amide bonds. The molecule has 0 saturated carbocycles. The maximum Gasteiger partial charge on any atom is 0.0449 e. The van der Waals surface area contributed by atoms with Gasteiger partial charge in [-0.3, -0.25) is 4.90 Å². The first kappa shape index (κ1) is 13.0. The topological polar surface area (TPSA) is 35.5 Å². The molecule has 17 heavy (non-hydrogen) atoms. The van der Waals surface area contributed by atoms with E-state index in [-0.39, 0.29) is 6.61 Å². The van der Waals surface area contributed by atoms with E-state index < -0.39 is 0 Å². The standard InChI is InChI=1S/C13H19BrN2O/c14-12-4-2-1-3-11(12)13(5-10-17)16-8-6-15-7-9-16/h1-4,13,15,17H,5-10H2/t13-/m1/s1. The van der Waals surface area contributed by atoms with Gasteiger partial charge in [0.05, 0.1) is 0 Å². The van der Waals surface area contributed by atoms with Crippen LogP contribution in [0.25, 0.3) is 0 Å². The fourth-order valence-electron chi connectivity index (χ4n) is 2.40. The van der Waals surface area contributed by atoms with Crippen LogP contribution in [0.2, 0.25) is 0 Å². The first-order valence-electron chi connectivity index (χ1n) is 6.13. The molecule has 0 unspecified atom stereocenters. The van der Waals surface area contributed by atoms with E-state index in [2.05, 4.69) is 44.3 Å². The fourth-order valence-corrected chi connectivity index (χ4v) is 2.95. The van der Waals surface area contributed by atoms with Crippen molar-refractivity contribution in [2.24, 2.45) is 0 Å². The van der Waals surface area contributed by atoms with Gasteiger partial charge in [-0.1, -0.05) is 34.1 Å². The minimum atomic E-state index is 0.232. The van der Waals surface area contributed by atoms with Crippen molar-refractivity contribution in [2.45, 2.75) is 12.5 Å². The van der Waals surface area contributed by atoms with E-state index >= 15 is 0 Å². The summed E-state index contributed by atoms with van der Waals surface area (Å²) >= 11 is 3.61.